The summed E-state index contributed by atoms with van der Waals surface area (Å²) in [7, 11) is 0. The number of aliphatic carboxylic acids is 1. The van der Waals surface area contributed by atoms with E-state index in [0.717, 1.165) is 19.6 Å². The molecule has 101 heavy (non-hydrogen) atoms. The Balaban J connectivity index is -0.00000183. The van der Waals surface area contributed by atoms with E-state index in [4.69, 9.17) is 68.0 Å². The molecule has 0 aliphatic heterocycles. The van der Waals surface area contributed by atoms with E-state index >= 15 is 0 Å². The molecule has 6 aromatic carbocycles. The van der Waals surface area contributed by atoms with E-state index in [1.54, 1.807) is 109 Å². The number of aliphatic hydroxyl groups excluding tert-OH is 2. The smallest absolute Gasteiger partial charge is 1.00 e. The minimum atomic E-state index is -0.793. The van der Waals surface area contributed by atoms with Gasteiger partial charge in [0, 0.05) is 72.6 Å². The standard InChI is InChI=1S/C46H56N2O10.C20H23NO4.C6H14O4.CH2O3.CH4.ClH.2Na.H/c1-3-47(27-29-55-41-19-15-39(16-20-41)45(51)37-11-7-5-8-12-37)25-23-43(49)57-35-33-53-31-32-54-34-36-58-44(50)24-26-48(4-2)28-30-56-42-21-17-40(18-22-42)46(52)38-13-9-6-10-14-38;1-2-21(13-12-19(22)23)14-15-25-18-10-8-17(9-11-18)20(24)16-6-4-3-5-7-16;7-1-3-9-5-6-10-4-2-8;2-1-4-3;;;;;/h5-22H,3-4,23-36H2,1-2H3;3-11H,2,12-15H2,1H3,(H,22,23);7-8H,1-6H2;1,3H;1H4;1H;;;/q;;;;;;2*+1;-1/p-1. The van der Waals surface area contributed by atoms with Crippen molar-refractivity contribution in [1.29, 1.82) is 0 Å². The van der Waals surface area contributed by atoms with Crippen LogP contribution in [0.3, 0.4) is 0 Å². The number of ketones is 3. The number of likely N-dealkylation sites (N-methyl/N-ethyl adjacent to an activating group) is 3. The second-order valence-corrected chi connectivity index (χ2v) is 20.7. The number of hydrogen-bond acceptors (Lipinski definition) is 23. The van der Waals surface area contributed by atoms with Gasteiger partial charge in [0.15, 0.2) is 17.3 Å². The molecule has 0 amide bonds. The van der Waals surface area contributed by atoms with Crippen molar-refractivity contribution >= 4 is 54.1 Å². The number of hydrogen-bond donors (Lipinski definition) is 3. The van der Waals surface area contributed by atoms with Gasteiger partial charge in [0.2, 0.25) is 0 Å². The van der Waals surface area contributed by atoms with Crippen molar-refractivity contribution in [2.75, 3.05) is 158 Å². The van der Waals surface area contributed by atoms with Crippen molar-refractivity contribution in [2.24, 2.45) is 0 Å². The quantitative estimate of drug-likeness (QED) is 0.00934. The zero-order valence-corrected chi connectivity index (χ0v) is 63.0. The number of carbonyl (C=O) groups is 7. The van der Waals surface area contributed by atoms with Crippen LogP contribution < -0.4 is 78.6 Å². The molecule has 0 saturated carbocycles. The number of halogens is 1. The number of nitrogens with zero attached hydrogens (tertiary/aromatic N) is 3. The Morgan fingerprint density at radius 3 is 0.881 bits per heavy atom. The van der Waals surface area contributed by atoms with Gasteiger partial charge in [-0.1, -0.05) is 119 Å². The largest absolute Gasteiger partial charge is 1.00 e. The van der Waals surface area contributed by atoms with Crippen LogP contribution in [0.4, 0.5) is 0 Å². The Bertz CT molecular complexity index is 2950. The zero-order valence-electron chi connectivity index (χ0n) is 59.2. The molecule has 6 rings (SSSR count). The van der Waals surface area contributed by atoms with Gasteiger partial charge in [-0.2, -0.15) is 0 Å². The van der Waals surface area contributed by atoms with Crippen molar-refractivity contribution in [3.8, 4) is 17.2 Å². The van der Waals surface area contributed by atoms with Crippen LogP contribution >= 0.6 is 12.4 Å². The number of benzene rings is 6. The molecule has 0 unspecified atom stereocenters. The average Bonchev–Trinajstić information content (AvgIpc) is 0.871. The number of rotatable bonds is 47. The summed E-state index contributed by atoms with van der Waals surface area (Å²) in [4.78, 5) is 90.1. The second-order valence-electron chi connectivity index (χ2n) is 20.7. The molecule has 0 spiro atoms. The van der Waals surface area contributed by atoms with Crippen LogP contribution in [0.5, 0.6) is 17.2 Å². The number of carboxylic acids is 1. The van der Waals surface area contributed by atoms with Crippen LogP contribution in [0.25, 0.3) is 0 Å². The molecule has 0 aliphatic rings. The molecule has 0 radical (unpaired) electrons. The summed E-state index contributed by atoms with van der Waals surface area (Å²) < 4.78 is 48.7. The Kier molecular flexibility index (Phi) is 60.4. The summed E-state index contributed by atoms with van der Waals surface area (Å²) in [6.45, 7) is 16.3. The first-order valence-corrected chi connectivity index (χ1v) is 32.2. The van der Waals surface area contributed by atoms with Gasteiger partial charge >= 0.3 is 77.0 Å². The van der Waals surface area contributed by atoms with Crippen molar-refractivity contribution in [1.82, 2.24) is 14.7 Å². The fraction of sp³-hybridized carbons (Fsp3) is 0.419. The molecule has 0 fully saturated rings. The maximum atomic E-state index is 12.6. The Hall–Kier alpha value is -6.50. The molecular formula is C74H100ClN3Na2O21. The van der Waals surface area contributed by atoms with E-state index < -0.39 is 5.97 Å². The molecular weight excluding hydrogens is 1350 g/mol. The third-order valence-corrected chi connectivity index (χ3v) is 14.0. The van der Waals surface area contributed by atoms with Gasteiger partial charge in [0.05, 0.1) is 85.3 Å². The first kappa shape index (κ1) is 96.6. The zero-order chi connectivity index (χ0) is 70.4. The summed E-state index contributed by atoms with van der Waals surface area (Å²) in [5.74, 6) is 0.587. The third-order valence-electron chi connectivity index (χ3n) is 14.0. The van der Waals surface area contributed by atoms with Gasteiger partial charge in [0.25, 0.3) is 6.47 Å². The summed E-state index contributed by atoms with van der Waals surface area (Å²) >= 11 is 0. The predicted molar refractivity (Wildman–Crippen MR) is 375 cm³/mol. The first-order chi connectivity index (χ1) is 47.3. The second kappa shape index (κ2) is 63.2. The number of carboxylic acid groups (broad SMARTS) is 1. The van der Waals surface area contributed by atoms with Crippen LogP contribution in [0, 0.1) is 0 Å². The molecule has 0 bridgehead atoms. The summed E-state index contributed by atoms with van der Waals surface area (Å²) in [5.41, 5.74) is 3.78. The molecule has 27 heteroatoms. The molecule has 0 atom stereocenters. The first-order valence-electron chi connectivity index (χ1n) is 32.2. The average molecular weight is 1450 g/mol. The van der Waals surface area contributed by atoms with Crippen LogP contribution in [-0.4, -0.2) is 230 Å². The number of esters is 2. The van der Waals surface area contributed by atoms with E-state index in [1.165, 1.54) is 0 Å². The van der Waals surface area contributed by atoms with Crippen LogP contribution in [-0.2, 0) is 52.5 Å². The summed E-state index contributed by atoms with van der Waals surface area (Å²) in [6, 6.07) is 48.8. The fourth-order valence-electron chi connectivity index (χ4n) is 8.64. The van der Waals surface area contributed by atoms with Gasteiger partial charge in [-0.15, -0.1) is 12.4 Å². The van der Waals surface area contributed by atoms with E-state index in [-0.39, 0.29) is 175 Å². The number of ether oxygens (including phenoxy) is 9. The van der Waals surface area contributed by atoms with Gasteiger partial charge < -0.3 is 69.5 Å². The molecule has 0 aliphatic carbocycles. The molecule has 0 saturated heterocycles. The van der Waals surface area contributed by atoms with Crippen LogP contribution in [0.2, 0.25) is 0 Å². The van der Waals surface area contributed by atoms with Gasteiger partial charge in [0.1, 0.15) is 50.3 Å². The maximum Gasteiger partial charge on any atom is 1.00 e. The molecule has 546 valence electrons. The number of aliphatic hydroxyl groups is 2. The minimum Gasteiger partial charge on any atom is -1.00 e. The predicted octanol–water partition coefficient (Wildman–Crippen LogP) is 1.86. The SMILES string of the molecule is C.CCN(CCOc1ccc(C(=O)c2ccccc2)cc1)CCC(=O)O.CCN(CCOc1ccc(C(=O)c2ccccc2)cc1)CCC(=O)OCCOCCOCCOC(=O)CCN(CC)CCOc1ccc(C(=O)c2ccccc2)cc1.Cl.O=CO[O-].OCCOCCOCCO.[H-].[Na+].[Na+]. The van der Waals surface area contributed by atoms with Crippen LogP contribution in [0.1, 0.15) is 96.7 Å². The molecule has 6 aromatic rings. The third kappa shape index (κ3) is 45.3. The van der Waals surface area contributed by atoms with Crippen molar-refractivity contribution in [3.63, 3.8) is 0 Å². The topological polar surface area (TPSA) is 305 Å². The molecule has 0 heterocycles. The van der Waals surface area contributed by atoms with Gasteiger partial charge in [-0.05, 0) is 92.4 Å². The van der Waals surface area contributed by atoms with Crippen molar-refractivity contribution < 1.29 is 162 Å². The van der Waals surface area contributed by atoms with E-state index in [1.807, 2.05) is 80.3 Å². The Morgan fingerprint density at radius 2 is 0.634 bits per heavy atom. The normalized spacial score (nSPS) is 10.2. The Morgan fingerprint density at radius 1 is 0.386 bits per heavy atom. The van der Waals surface area contributed by atoms with Crippen molar-refractivity contribution in [2.45, 2.75) is 47.5 Å². The van der Waals surface area contributed by atoms with Crippen LogP contribution in [0.15, 0.2) is 164 Å². The molecule has 0 aromatic heterocycles. The van der Waals surface area contributed by atoms with E-state index in [2.05, 4.69) is 14.7 Å². The monoisotopic (exact) mass is 1450 g/mol. The molecule has 3 N–H and O–H groups in total. The maximum absolute atomic E-state index is 12.6. The number of carbonyl (C=O) groups excluding carboxylic acids is 6. The van der Waals surface area contributed by atoms with E-state index in [9.17, 15) is 28.8 Å². The Labute approximate surface area is 646 Å². The van der Waals surface area contributed by atoms with E-state index in [0.29, 0.717) is 149 Å². The summed E-state index contributed by atoms with van der Waals surface area (Å²) in [5, 5.41) is 33.7. The van der Waals surface area contributed by atoms with Crippen molar-refractivity contribution in [3.05, 3.63) is 197 Å². The minimum absolute atomic E-state index is 0. The van der Waals surface area contributed by atoms with Gasteiger partial charge in [-0.3, -0.25) is 48.3 Å². The van der Waals surface area contributed by atoms with Gasteiger partial charge in [-0.25, -0.2) is 0 Å². The fourth-order valence-corrected chi connectivity index (χ4v) is 8.64. The molecule has 24 nitrogen and oxygen atoms in total. The summed E-state index contributed by atoms with van der Waals surface area (Å²) in [6.07, 6.45) is 0.643.